The Morgan fingerprint density at radius 3 is 2.50 bits per heavy atom. The van der Waals surface area contributed by atoms with Crippen molar-refractivity contribution in [3.63, 3.8) is 0 Å². The van der Waals surface area contributed by atoms with E-state index in [1.165, 1.54) is 11.8 Å². The number of carbonyl (C=O) groups excluding carboxylic acids is 2. The zero-order valence-electron chi connectivity index (χ0n) is 10.9. The number of ketones is 1. The van der Waals surface area contributed by atoms with Crippen LogP contribution in [-0.2, 0) is 17.8 Å². The molecule has 0 spiro atoms. The van der Waals surface area contributed by atoms with Crippen LogP contribution in [0.2, 0.25) is 0 Å². The Bertz CT molecular complexity index is 475. The number of ether oxygens (including phenoxy) is 1. The van der Waals surface area contributed by atoms with Crippen LogP contribution in [0, 0.1) is 0 Å². The number of aromatic nitrogens is 1. The minimum atomic E-state index is -0.529. The molecule has 1 aliphatic rings. The number of fused-ring (bicyclic) bond motifs is 1. The molecule has 6 heteroatoms. The molecule has 0 aliphatic carbocycles. The van der Waals surface area contributed by atoms with Gasteiger partial charge in [0.15, 0.2) is 0 Å². The van der Waals surface area contributed by atoms with Gasteiger partial charge in [-0.15, -0.1) is 0 Å². The van der Waals surface area contributed by atoms with Crippen molar-refractivity contribution in [1.29, 1.82) is 0 Å². The van der Waals surface area contributed by atoms with Gasteiger partial charge in [0.1, 0.15) is 17.1 Å². The molecule has 0 fully saturated rings. The molecule has 0 unspecified atom stereocenters. The minimum Gasteiger partial charge on any atom is -0.444 e. The molecule has 1 aromatic rings. The molecule has 2 heterocycles. The maximum absolute atomic E-state index is 11.8. The van der Waals surface area contributed by atoms with Crippen molar-refractivity contribution in [3.8, 4) is 0 Å². The Balaban J connectivity index is 2.04. The Labute approximate surface area is 105 Å². The van der Waals surface area contributed by atoms with Gasteiger partial charge >= 0.3 is 6.09 Å². The van der Waals surface area contributed by atoms with Gasteiger partial charge in [0.25, 0.3) is 5.89 Å². The maximum Gasteiger partial charge on any atom is 0.411 e. The fraction of sp³-hybridized carbons (Fsp3) is 0.583. The van der Waals surface area contributed by atoms with Crippen LogP contribution in [-0.4, -0.2) is 27.4 Å². The Hall–Kier alpha value is -1.85. The van der Waals surface area contributed by atoms with Gasteiger partial charge in [-0.1, -0.05) is 0 Å². The minimum absolute atomic E-state index is 0.101. The lowest BCUT2D eigenvalue weighted by Crippen LogP contribution is -2.33. The van der Waals surface area contributed by atoms with Crippen LogP contribution in [0.3, 0.4) is 0 Å². The molecule has 0 N–H and O–H groups in total. The summed E-state index contributed by atoms with van der Waals surface area (Å²) in [5, 5.41) is 0. The van der Waals surface area contributed by atoms with Crippen molar-refractivity contribution >= 4 is 11.9 Å². The summed E-state index contributed by atoms with van der Waals surface area (Å²) in [5.41, 5.74) is 0.102. The first-order valence-corrected chi connectivity index (χ1v) is 5.74. The van der Waals surface area contributed by atoms with E-state index in [2.05, 4.69) is 4.98 Å². The number of amides is 1. The maximum atomic E-state index is 11.8. The predicted molar refractivity (Wildman–Crippen MR) is 62.0 cm³/mol. The summed E-state index contributed by atoms with van der Waals surface area (Å²) in [4.78, 5) is 28.5. The molecular formula is C12H16N2O4. The zero-order valence-corrected chi connectivity index (χ0v) is 10.9. The SMILES string of the molecule is CC(=O)c1nc2c(o1)CN(C(=O)OC(C)(C)C)C2. The summed E-state index contributed by atoms with van der Waals surface area (Å²) in [6, 6.07) is 0. The van der Waals surface area contributed by atoms with Gasteiger partial charge in [0, 0.05) is 6.92 Å². The number of rotatable bonds is 1. The van der Waals surface area contributed by atoms with Crippen molar-refractivity contribution in [2.24, 2.45) is 0 Å². The summed E-state index contributed by atoms with van der Waals surface area (Å²) in [6.45, 7) is 7.44. The monoisotopic (exact) mass is 252 g/mol. The molecule has 18 heavy (non-hydrogen) atoms. The van der Waals surface area contributed by atoms with Gasteiger partial charge in [0.2, 0.25) is 5.78 Å². The van der Waals surface area contributed by atoms with E-state index in [4.69, 9.17) is 9.15 Å². The van der Waals surface area contributed by atoms with Gasteiger partial charge in [0.05, 0.1) is 13.1 Å². The Kier molecular flexibility index (Phi) is 2.88. The third-order valence-corrected chi connectivity index (χ3v) is 2.41. The van der Waals surface area contributed by atoms with Crippen LogP contribution < -0.4 is 0 Å². The predicted octanol–water partition coefficient (Wildman–Crippen LogP) is 2.13. The fourth-order valence-electron chi connectivity index (χ4n) is 1.65. The highest BCUT2D eigenvalue weighted by Crippen LogP contribution is 2.25. The van der Waals surface area contributed by atoms with E-state index < -0.39 is 11.7 Å². The lowest BCUT2D eigenvalue weighted by molar-refractivity contribution is 0.0232. The summed E-state index contributed by atoms with van der Waals surface area (Å²) >= 11 is 0. The van der Waals surface area contributed by atoms with Gasteiger partial charge in [-0.2, -0.15) is 0 Å². The molecule has 6 nitrogen and oxygen atoms in total. The van der Waals surface area contributed by atoms with E-state index in [0.717, 1.165) is 0 Å². The number of hydrogen-bond acceptors (Lipinski definition) is 5. The molecule has 0 radical (unpaired) electrons. The van der Waals surface area contributed by atoms with Crippen LogP contribution in [0.1, 0.15) is 49.8 Å². The van der Waals surface area contributed by atoms with E-state index in [1.807, 2.05) is 20.8 Å². The second kappa shape index (κ2) is 4.12. The van der Waals surface area contributed by atoms with Gasteiger partial charge < -0.3 is 9.15 Å². The van der Waals surface area contributed by atoms with E-state index in [-0.39, 0.29) is 11.7 Å². The van der Waals surface area contributed by atoms with Crippen molar-refractivity contribution < 1.29 is 18.7 Å². The highest BCUT2D eigenvalue weighted by Gasteiger charge is 2.32. The first-order valence-electron chi connectivity index (χ1n) is 5.74. The molecule has 1 aliphatic heterocycles. The molecule has 0 aromatic carbocycles. The highest BCUT2D eigenvalue weighted by molar-refractivity contribution is 5.89. The molecule has 98 valence electrons. The lowest BCUT2D eigenvalue weighted by Gasteiger charge is -2.23. The molecule has 1 aromatic heterocycles. The largest absolute Gasteiger partial charge is 0.444 e. The van der Waals surface area contributed by atoms with Crippen LogP contribution in [0.15, 0.2) is 4.42 Å². The first-order chi connectivity index (χ1) is 8.26. The van der Waals surface area contributed by atoms with Crippen LogP contribution in [0.5, 0.6) is 0 Å². The number of oxazole rings is 1. The standard InChI is InChI=1S/C12H16N2O4/c1-7(15)10-13-8-5-14(6-9(8)17-10)11(16)18-12(2,3)4/h5-6H2,1-4H3. The third-order valence-electron chi connectivity index (χ3n) is 2.41. The summed E-state index contributed by atoms with van der Waals surface area (Å²) in [7, 11) is 0. The summed E-state index contributed by atoms with van der Waals surface area (Å²) in [6.07, 6.45) is -0.403. The average Bonchev–Trinajstić information content (AvgIpc) is 2.69. The second-order valence-electron chi connectivity index (χ2n) is 5.28. The molecular weight excluding hydrogens is 236 g/mol. The van der Waals surface area contributed by atoms with E-state index in [0.29, 0.717) is 24.5 Å². The van der Waals surface area contributed by atoms with E-state index >= 15 is 0 Å². The molecule has 2 rings (SSSR count). The normalized spacial score (nSPS) is 14.6. The quantitative estimate of drug-likeness (QED) is 0.716. The number of nitrogens with zero attached hydrogens (tertiary/aromatic N) is 2. The van der Waals surface area contributed by atoms with Crippen LogP contribution in [0.25, 0.3) is 0 Å². The Morgan fingerprint density at radius 2 is 2.00 bits per heavy atom. The third kappa shape index (κ3) is 2.52. The van der Waals surface area contributed by atoms with E-state index in [1.54, 1.807) is 0 Å². The first kappa shape index (κ1) is 12.6. The second-order valence-corrected chi connectivity index (χ2v) is 5.28. The molecule has 0 saturated carbocycles. The van der Waals surface area contributed by atoms with Crippen LogP contribution >= 0.6 is 0 Å². The number of carbonyl (C=O) groups is 2. The van der Waals surface area contributed by atoms with Crippen LogP contribution in [0.4, 0.5) is 4.79 Å². The van der Waals surface area contributed by atoms with Crippen molar-refractivity contribution in [3.05, 3.63) is 17.3 Å². The number of hydrogen-bond donors (Lipinski definition) is 0. The van der Waals surface area contributed by atoms with Gasteiger partial charge in [-0.25, -0.2) is 9.78 Å². The molecule has 0 atom stereocenters. The summed E-state index contributed by atoms with van der Waals surface area (Å²) in [5.74, 6) is 0.447. The number of Topliss-reactive ketones (excluding diaryl/α,β-unsaturated/α-hetero) is 1. The summed E-state index contributed by atoms with van der Waals surface area (Å²) < 4.78 is 10.5. The van der Waals surface area contributed by atoms with Crippen molar-refractivity contribution in [2.75, 3.05) is 0 Å². The van der Waals surface area contributed by atoms with Gasteiger partial charge in [-0.05, 0) is 20.8 Å². The van der Waals surface area contributed by atoms with Gasteiger partial charge in [-0.3, -0.25) is 9.69 Å². The molecule has 0 bridgehead atoms. The Morgan fingerprint density at radius 1 is 1.33 bits per heavy atom. The zero-order chi connectivity index (χ0) is 13.5. The smallest absolute Gasteiger partial charge is 0.411 e. The fourth-order valence-corrected chi connectivity index (χ4v) is 1.65. The van der Waals surface area contributed by atoms with E-state index in [9.17, 15) is 9.59 Å². The topological polar surface area (TPSA) is 72.6 Å². The molecule has 1 amide bonds. The lowest BCUT2D eigenvalue weighted by atomic mass is 10.2. The van der Waals surface area contributed by atoms with Crippen molar-refractivity contribution in [2.45, 2.75) is 46.4 Å². The molecule has 0 saturated heterocycles. The highest BCUT2D eigenvalue weighted by atomic mass is 16.6. The van der Waals surface area contributed by atoms with Crippen molar-refractivity contribution in [1.82, 2.24) is 9.88 Å². The average molecular weight is 252 g/mol.